The number of hydrogen-bond acceptors (Lipinski definition) is 4. The molecule has 0 bridgehead atoms. The Morgan fingerprint density at radius 3 is 2.31 bits per heavy atom. The summed E-state index contributed by atoms with van der Waals surface area (Å²) < 4.78 is 23.0. The Kier molecular flexibility index (Phi) is 12.1. The number of nitrogens with zero attached hydrogens (tertiary/aromatic N) is 2. The maximum absolute atomic E-state index is 11.5. The normalized spacial score (nSPS) is 16.3. The third-order valence-corrected chi connectivity index (χ3v) is 6.48. The van der Waals surface area contributed by atoms with Crippen molar-refractivity contribution in [2.75, 3.05) is 46.0 Å². The van der Waals surface area contributed by atoms with Crippen LogP contribution in [0.5, 0.6) is 0 Å². The Hall–Kier alpha value is -0.870. The summed E-state index contributed by atoms with van der Waals surface area (Å²) >= 11 is 0. The van der Waals surface area contributed by atoms with E-state index in [2.05, 4.69) is 27.4 Å². The quantitative estimate of drug-likeness (QED) is 0.220. The van der Waals surface area contributed by atoms with Crippen molar-refractivity contribution in [1.29, 1.82) is 0 Å². The average Bonchev–Trinajstić information content (AvgIpc) is 2.67. The maximum atomic E-state index is 11.5. The van der Waals surface area contributed by atoms with Crippen molar-refractivity contribution >= 4 is 39.8 Å². The fraction of sp³-hybridized carbons (Fsp3) is 0.667. The van der Waals surface area contributed by atoms with Crippen LogP contribution in [0.25, 0.3) is 0 Å². The van der Waals surface area contributed by atoms with Gasteiger partial charge in [-0.3, -0.25) is 4.99 Å². The number of benzene rings is 1. The fourth-order valence-electron chi connectivity index (χ4n) is 3.40. The Morgan fingerprint density at radius 2 is 1.72 bits per heavy atom. The molecule has 1 saturated heterocycles. The van der Waals surface area contributed by atoms with Crippen molar-refractivity contribution in [3.63, 3.8) is 0 Å². The predicted molar refractivity (Wildman–Crippen MR) is 132 cm³/mol. The molecule has 0 atom stereocenters. The van der Waals surface area contributed by atoms with Crippen LogP contribution in [0.15, 0.2) is 34.2 Å². The highest BCUT2D eigenvalue weighted by Crippen LogP contribution is 2.16. The molecule has 1 aliphatic rings. The Labute approximate surface area is 193 Å². The summed E-state index contributed by atoms with van der Waals surface area (Å²) in [4.78, 5) is 7.21. The van der Waals surface area contributed by atoms with Gasteiger partial charge in [0.25, 0.3) is 0 Å². The molecule has 0 saturated carbocycles. The Bertz CT molecular complexity index is 715. The molecule has 1 aromatic rings. The topological polar surface area (TPSA) is 73.8 Å². The van der Waals surface area contributed by atoms with Crippen LogP contribution in [0.3, 0.4) is 0 Å². The molecule has 0 unspecified atom stereocenters. The molecule has 6 nitrogen and oxygen atoms in total. The highest BCUT2D eigenvalue weighted by molar-refractivity contribution is 14.0. The molecule has 166 valence electrons. The summed E-state index contributed by atoms with van der Waals surface area (Å²) in [5.74, 6) is 1.71. The van der Waals surface area contributed by atoms with Crippen LogP contribution in [-0.4, -0.2) is 65.3 Å². The number of sulfone groups is 1. The summed E-state index contributed by atoms with van der Waals surface area (Å²) in [6.07, 6.45) is 7.08. The molecule has 0 aromatic heterocycles. The van der Waals surface area contributed by atoms with Crippen LogP contribution < -0.4 is 10.6 Å². The first-order valence-electron chi connectivity index (χ1n) is 10.3. The largest absolute Gasteiger partial charge is 0.356 e. The second kappa shape index (κ2) is 13.4. The van der Waals surface area contributed by atoms with E-state index in [0.29, 0.717) is 4.90 Å². The number of hydrogen-bond donors (Lipinski definition) is 2. The maximum Gasteiger partial charge on any atom is 0.190 e. The molecule has 0 spiro atoms. The smallest absolute Gasteiger partial charge is 0.190 e. The number of nitrogens with one attached hydrogen (secondary N) is 2. The van der Waals surface area contributed by atoms with E-state index in [-0.39, 0.29) is 24.0 Å². The molecular weight excluding hydrogens is 499 g/mol. The zero-order valence-electron chi connectivity index (χ0n) is 18.0. The monoisotopic (exact) mass is 536 g/mol. The van der Waals surface area contributed by atoms with Crippen molar-refractivity contribution < 1.29 is 8.42 Å². The van der Waals surface area contributed by atoms with Crippen LogP contribution >= 0.6 is 24.0 Å². The number of unbranched alkanes of at least 4 members (excludes halogenated alkanes) is 1. The zero-order valence-corrected chi connectivity index (χ0v) is 21.1. The first-order chi connectivity index (χ1) is 13.4. The van der Waals surface area contributed by atoms with Gasteiger partial charge in [0.2, 0.25) is 0 Å². The second-order valence-corrected chi connectivity index (χ2v) is 9.84. The molecule has 1 aromatic carbocycles. The second-order valence-electron chi connectivity index (χ2n) is 7.82. The molecule has 2 rings (SSSR count). The van der Waals surface area contributed by atoms with E-state index in [4.69, 9.17) is 0 Å². The van der Waals surface area contributed by atoms with Crippen molar-refractivity contribution in [1.82, 2.24) is 15.5 Å². The molecule has 1 aliphatic heterocycles. The number of guanidine groups is 1. The Balaban J connectivity index is 0.00000420. The number of piperidine rings is 1. The predicted octanol–water partition coefficient (Wildman–Crippen LogP) is 2.93. The highest BCUT2D eigenvalue weighted by Gasteiger charge is 2.14. The molecule has 0 aliphatic carbocycles. The molecule has 8 heteroatoms. The van der Waals surface area contributed by atoms with Gasteiger partial charge >= 0.3 is 0 Å². The molecule has 0 radical (unpaired) electrons. The standard InChI is InChI=1S/C21H36N4O2S.HI/c1-18-11-16-25(17-12-18)15-5-4-13-23-21(22-2)24-14-10-19-6-8-20(9-7-19)28(3,26)27;/h6-9,18H,4-5,10-17H2,1-3H3,(H2,22,23,24);1H. The van der Waals surface area contributed by atoms with Crippen LogP contribution in [0.1, 0.15) is 38.2 Å². The first kappa shape index (κ1) is 26.2. The summed E-state index contributed by atoms with van der Waals surface area (Å²) in [6, 6.07) is 7.08. The van der Waals surface area contributed by atoms with Gasteiger partial charge in [0.1, 0.15) is 0 Å². The summed E-state index contributed by atoms with van der Waals surface area (Å²) in [5.41, 5.74) is 1.10. The van der Waals surface area contributed by atoms with Gasteiger partial charge in [-0.05, 0) is 75.4 Å². The van der Waals surface area contributed by atoms with Crippen molar-refractivity contribution in [2.45, 2.75) is 43.9 Å². The van der Waals surface area contributed by atoms with Crippen LogP contribution in [-0.2, 0) is 16.3 Å². The van der Waals surface area contributed by atoms with Gasteiger partial charge in [0.05, 0.1) is 4.90 Å². The lowest BCUT2D eigenvalue weighted by Crippen LogP contribution is -2.39. The molecule has 1 heterocycles. The van der Waals surface area contributed by atoms with E-state index in [1.165, 1.54) is 45.2 Å². The average molecular weight is 537 g/mol. The third kappa shape index (κ3) is 10.1. The summed E-state index contributed by atoms with van der Waals surface area (Å²) in [5, 5.41) is 6.69. The minimum atomic E-state index is -3.13. The number of rotatable bonds is 9. The van der Waals surface area contributed by atoms with Crippen molar-refractivity contribution in [3.8, 4) is 0 Å². The van der Waals surface area contributed by atoms with E-state index >= 15 is 0 Å². The van der Waals surface area contributed by atoms with Gasteiger partial charge in [0.15, 0.2) is 15.8 Å². The van der Waals surface area contributed by atoms with E-state index in [1.54, 1.807) is 19.2 Å². The van der Waals surface area contributed by atoms with Gasteiger partial charge in [0, 0.05) is 26.4 Å². The molecule has 0 amide bonds. The van der Waals surface area contributed by atoms with Crippen LogP contribution in [0.2, 0.25) is 0 Å². The van der Waals surface area contributed by atoms with Gasteiger partial charge in [-0.15, -0.1) is 24.0 Å². The lowest BCUT2D eigenvalue weighted by molar-refractivity contribution is 0.189. The number of halogens is 1. The molecular formula is C21H37IN4O2S. The minimum absolute atomic E-state index is 0. The number of aliphatic imine (C=N–C) groups is 1. The van der Waals surface area contributed by atoms with Crippen molar-refractivity contribution in [2.24, 2.45) is 10.9 Å². The van der Waals surface area contributed by atoms with E-state index in [0.717, 1.165) is 43.4 Å². The summed E-state index contributed by atoms with van der Waals surface area (Å²) in [7, 11) is -1.35. The minimum Gasteiger partial charge on any atom is -0.356 e. The van der Waals surface area contributed by atoms with Gasteiger partial charge in [-0.25, -0.2) is 8.42 Å². The van der Waals surface area contributed by atoms with E-state index in [9.17, 15) is 8.42 Å². The van der Waals surface area contributed by atoms with Gasteiger partial charge in [-0.1, -0.05) is 19.1 Å². The van der Waals surface area contributed by atoms with E-state index < -0.39 is 9.84 Å². The highest BCUT2D eigenvalue weighted by atomic mass is 127. The first-order valence-corrected chi connectivity index (χ1v) is 12.2. The lowest BCUT2D eigenvalue weighted by Gasteiger charge is -2.30. The lowest BCUT2D eigenvalue weighted by atomic mass is 9.99. The molecule has 2 N–H and O–H groups in total. The van der Waals surface area contributed by atoms with E-state index in [1.807, 2.05) is 12.1 Å². The molecule has 29 heavy (non-hydrogen) atoms. The Morgan fingerprint density at radius 1 is 1.10 bits per heavy atom. The number of likely N-dealkylation sites (tertiary alicyclic amines) is 1. The van der Waals surface area contributed by atoms with Crippen molar-refractivity contribution in [3.05, 3.63) is 29.8 Å². The SMILES string of the molecule is CN=C(NCCCCN1CCC(C)CC1)NCCc1ccc(S(C)(=O)=O)cc1.I. The third-order valence-electron chi connectivity index (χ3n) is 5.35. The summed E-state index contributed by atoms with van der Waals surface area (Å²) in [6.45, 7) is 7.73. The fourth-order valence-corrected chi connectivity index (χ4v) is 4.03. The van der Waals surface area contributed by atoms with Crippen LogP contribution in [0.4, 0.5) is 0 Å². The van der Waals surface area contributed by atoms with Gasteiger partial charge in [-0.2, -0.15) is 0 Å². The molecule has 1 fully saturated rings. The zero-order chi connectivity index (χ0) is 20.4. The van der Waals surface area contributed by atoms with Gasteiger partial charge < -0.3 is 15.5 Å². The van der Waals surface area contributed by atoms with Crippen LogP contribution in [0, 0.1) is 5.92 Å².